The molecule has 0 radical (unpaired) electrons. The smallest absolute Gasteiger partial charge is 0.303 e. The van der Waals surface area contributed by atoms with Gasteiger partial charge >= 0.3 is 5.97 Å². The van der Waals surface area contributed by atoms with Gasteiger partial charge in [0.05, 0.1) is 4.92 Å². The Balaban J connectivity index is 2.76. The van der Waals surface area contributed by atoms with Crippen LogP contribution in [-0.2, 0) is 4.79 Å². The van der Waals surface area contributed by atoms with Gasteiger partial charge in [0.2, 0.25) is 0 Å². The number of carbonyl (C=O) groups is 1. The van der Waals surface area contributed by atoms with Crippen molar-refractivity contribution >= 4 is 17.3 Å². The summed E-state index contributed by atoms with van der Waals surface area (Å²) in [5.74, 6) is -0.895. The van der Waals surface area contributed by atoms with Crippen LogP contribution in [0, 0.1) is 27.4 Å². The number of aliphatic carboxylic acids is 1. The summed E-state index contributed by atoms with van der Waals surface area (Å²) in [7, 11) is 0. The van der Waals surface area contributed by atoms with Gasteiger partial charge in [-0.1, -0.05) is 13.3 Å². The Kier molecular flexibility index (Phi) is 5.47. The number of nitriles is 1. The van der Waals surface area contributed by atoms with Crippen LogP contribution in [0.25, 0.3) is 0 Å². The van der Waals surface area contributed by atoms with E-state index < -0.39 is 10.9 Å². The molecule has 1 atom stereocenters. The van der Waals surface area contributed by atoms with Crippen molar-refractivity contribution < 1.29 is 14.8 Å². The number of nitrogens with zero attached hydrogens (tertiary/aromatic N) is 2. The van der Waals surface area contributed by atoms with Gasteiger partial charge in [0.25, 0.3) is 5.69 Å². The highest BCUT2D eigenvalue weighted by molar-refractivity contribution is 5.67. The molecule has 1 unspecified atom stereocenters. The minimum Gasteiger partial charge on any atom is -0.481 e. The quantitative estimate of drug-likeness (QED) is 0.583. The molecular weight excluding hydrogens is 262 g/mol. The molecule has 1 aromatic rings. The SMILES string of the molecule is CCC(CNc1ccc([N+](=O)[O-])c(C#N)c1)CC(=O)O. The normalized spacial score (nSPS) is 11.4. The first-order valence-corrected chi connectivity index (χ1v) is 6.12. The number of nitro groups is 1. The largest absolute Gasteiger partial charge is 0.481 e. The Morgan fingerprint density at radius 1 is 1.60 bits per heavy atom. The third kappa shape index (κ3) is 4.24. The third-order valence-electron chi connectivity index (χ3n) is 2.95. The lowest BCUT2D eigenvalue weighted by molar-refractivity contribution is -0.385. The van der Waals surface area contributed by atoms with Gasteiger partial charge in [0, 0.05) is 24.7 Å². The molecule has 0 spiro atoms. The maximum absolute atomic E-state index is 10.7. The fourth-order valence-electron chi connectivity index (χ4n) is 1.76. The first kappa shape index (κ1) is 15.4. The van der Waals surface area contributed by atoms with Crippen molar-refractivity contribution in [2.24, 2.45) is 5.92 Å². The molecule has 20 heavy (non-hydrogen) atoms. The number of carboxylic acids is 1. The molecule has 0 saturated heterocycles. The monoisotopic (exact) mass is 277 g/mol. The number of nitro benzene ring substituents is 1. The Labute approximate surface area is 116 Å². The summed E-state index contributed by atoms with van der Waals surface area (Å²) in [6.07, 6.45) is 0.763. The predicted molar refractivity (Wildman–Crippen MR) is 72.3 cm³/mol. The van der Waals surface area contributed by atoms with Crippen LogP contribution >= 0.6 is 0 Å². The van der Waals surface area contributed by atoms with Crippen molar-refractivity contribution in [2.45, 2.75) is 19.8 Å². The fraction of sp³-hybridized carbons (Fsp3) is 0.385. The molecule has 1 rings (SSSR count). The van der Waals surface area contributed by atoms with E-state index in [4.69, 9.17) is 10.4 Å². The van der Waals surface area contributed by atoms with E-state index in [1.807, 2.05) is 6.92 Å². The van der Waals surface area contributed by atoms with Gasteiger partial charge in [0.1, 0.15) is 11.6 Å². The van der Waals surface area contributed by atoms with Crippen LogP contribution < -0.4 is 5.32 Å². The first-order valence-electron chi connectivity index (χ1n) is 6.12. The number of nitrogens with one attached hydrogen (secondary N) is 1. The second-order valence-corrected chi connectivity index (χ2v) is 4.35. The second kappa shape index (κ2) is 7.09. The molecule has 0 saturated carbocycles. The molecule has 0 aliphatic rings. The lowest BCUT2D eigenvalue weighted by atomic mass is 10.0. The first-order chi connectivity index (χ1) is 9.47. The van der Waals surface area contributed by atoms with Crippen molar-refractivity contribution in [2.75, 3.05) is 11.9 Å². The molecule has 7 nitrogen and oxygen atoms in total. The average Bonchev–Trinajstić information content (AvgIpc) is 2.42. The van der Waals surface area contributed by atoms with Gasteiger partial charge in [-0.2, -0.15) is 5.26 Å². The highest BCUT2D eigenvalue weighted by Gasteiger charge is 2.15. The molecular formula is C13H15N3O4. The van der Waals surface area contributed by atoms with E-state index in [-0.39, 0.29) is 23.6 Å². The van der Waals surface area contributed by atoms with Crippen molar-refractivity contribution in [1.29, 1.82) is 5.26 Å². The number of anilines is 1. The molecule has 0 aromatic heterocycles. The molecule has 0 heterocycles. The zero-order valence-electron chi connectivity index (χ0n) is 11.0. The van der Waals surface area contributed by atoms with E-state index in [2.05, 4.69) is 5.32 Å². The molecule has 0 aliphatic carbocycles. The summed E-state index contributed by atoms with van der Waals surface area (Å²) in [6.45, 7) is 2.33. The summed E-state index contributed by atoms with van der Waals surface area (Å²) in [6, 6.07) is 5.94. The standard InChI is InChI=1S/C13H15N3O4/c1-2-9(5-13(17)18)8-15-11-3-4-12(16(19)20)10(6-11)7-14/h3-4,6,9,15H,2,5,8H2,1H3,(H,17,18). The third-order valence-corrected chi connectivity index (χ3v) is 2.95. The van der Waals surface area contributed by atoms with Crippen LogP contribution in [0.15, 0.2) is 18.2 Å². The summed E-state index contributed by atoms with van der Waals surface area (Å²) in [4.78, 5) is 20.7. The lowest BCUT2D eigenvalue weighted by Gasteiger charge is -2.14. The van der Waals surface area contributed by atoms with Gasteiger partial charge < -0.3 is 10.4 Å². The second-order valence-electron chi connectivity index (χ2n) is 4.35. The Hall–Kier alpha value is -2.62. The summed E-state index contributed by atoms with van der Waals surface area (Å²) in [5.41, 5.74) is 0.304. The van der Waals surface area contributed by atoms with Crippen LogP contribution in [0.5, 0.6) is 0 Å². The van der Waals surface area contributed by atoms with Crippen molar-refractivity contribution in [3.8, 4) is 6.07 Å². The Bertz CT molecular complexity index is 551. The average molecular weight is 277 g/mol. The van der Waals surface area contributed by atoms with Crippen molar-refractivity contribution in [3.63, 3.8) is 0 Å². The Morgan fingerprint density at radius 2 is 2.30 bits per heavy atom. The van der Waals surface area contributed by atoms with Crippen molar-refractivity contribution in [1.82, 2.24) is 0 Å². The lowest BCUT2D eigenvalue weighted by Crippen LogP contribution is -2.17. The molecule has 1 aromatic carbocycles. The van der Waals surface area contributed by atoms with Crippen molar-refractivity contribution in [3.05, 3.63) is 33.9 Å². The van der Waals surface area contributed by atoms with Gasteiger partial charge in [-0.3, -0.25) is 14.9 Å². The van der Waals surface area contributed by atoms with Gasteiger partial charge in [-0.25, -0.2) is 0 Å². The summed E-state index contributed by atoms with van der Waals surface area (Å²) >= 11 is 0. The van der Waals surface area contributed by atoms with Gasteiger partial charge in [-0.05, 0) is 18.1 Å². The minimum absolute atomic E-state index is 0.0220. The molecule has 0 bridgehead atoms. The fourth-order valence-corrected chi connectivity index (χ4v) is 1.76. The van der Waals surface area contributed by atoms with Gasteiger partial charge in [-0.15, -0.1) is 0 Å². The van der Waals surface area contributed by atoms with Crippen LogP contribution in [0.3, 0.4) is 0 Å². The highest BCUT2D eigenvalue weighted by Crippen LogP contribution is 2.22. The maximum atomic E-state index is 10.7. The van der Waals surface area contributed by atoms with E-state index in [9.17, 15) is 14.9 Å². The van der Waals surface area contributed by atoms with Crippen LogP contribution in [0.1, 0.15) is 25.3 Å². The molecule has 2 N–H and O–H groups in total. The molecule has 0 aliphatic heterocycles. The number of hydrogen-bond acceptors (Lipinski definition) is 5. The van der Waals surface area contributed by atoms with Crippen LogP contribution in [0.4, 0.5) is 11.4 Å². The Morgan fingerprint density at radius 3 is 2.80 bits per heavy atom. The minimum atomic E-state index is -0.861. The van der Waals surface area contributed by atoms with E-state index in [1.165, 1.54) is 18.2 Å². The summed E-state index contributed by atoms with van der Waals surface area (Å²) in [5, 5.41) is 31.3. The van der Waals surface area contributed by atoms with Crippen LogP contribution in [0.2, 0.25) is 0 Å². The van der Waals surface area contributed by atoms with E-state index in [0.717, 1.165) is 0 Å². The zero-order chi connectivity index (χ0) is 15.1. The number of benzene rings is 1. The van der Waals surface area contributed by atoms with E-state index in [0.29, 0.717) is 18.7 Å². The number of hydrogen-bond donors (Lipinski definition) is 2. The van der Waals surface area contributed by atoms with E-state index >= 15 is 0 Å². The number of rotatable bonds is 7. The van der Waals surface area contributed by atoms with Gasteiger partial charge in [0.15, 0.2) is 0 Å². The highest BCUT2D eigenvalue weighted by atomic mass is 16.6. The molecule has 0 fully saturated rings. The number of carboxylic acid groups (broad SMARTS) is 1. The molecule has 0 amide bonds. The van der Waals surface area contributed by atoms with Crippen LogP contribution in [-0.4, -0.2) is 22.5 Å². The topological polar surface area (TPSA) is 116 Å². The molecule has 106 valence electrons. The van der Waals surface area contributed by atoms with E-state index in [1.54, 1.807) is 6.07 Å². The molecule has 7 heteroatoms. The summed E-state index contributed by atoms with van der Waals surface area (Å²) < 4.78 is 0. The predicted octanol–water partition coefficient (Wildman–Crippen LogP) is 2.38. The maximum Gasteiger partial charge on any atom is 0.303 e. The zero-order valence-corrected chi connectivity index (χ0v) is 11.0.